The fourth-order valence-electron chi connectivity index (χ4n) is 3.47. The van der Waals surface area contributed by atoms with Gasteiger partial charge in [0, 0.05) is 22.5 Å². The summed E-state index contributed by atoms with van der Waals surface area (Å²) in [7, 11) is 0. The third kappa shape index (κ3) is 5.15. The standard InChI is InChI=1S/C20H23ClN6OS2/c1-13-6-8-26(9-7-13)10-16-12-30-19(22-16)23-17(28)11-27-18(24-25-20(27)29)14-2-4-15(21)5-3-14/h2-5,12-13H,6-11H2,1H3,(H,25,29)(H,22,23,28). The van der Waals surface area contributed by atoms with E-state index in [2.05, 4.69) is 32.3 Å². The summed E-state index contributed by atoms with van der Waals surface area (Å²) < 4.78 is 2.05. The highest BCUT2D eigenvalue weighted by molar-refractivity contribution is 7.71. The van der Waals surface area contributed by atoms with Gasteiger partial charge in [0.1, 0.15) is 6.54 Å². The largest absolute Gasteiger partial charge is 0.300 e. The molecule has 0 unspecified atom stereocenters. The van der Waals surface area contributed by atoms with E-state index in [1.165, 1.54) is 24.2 Å². The van der Waals surface area contributed by atoms with Gasteiger partial charge < -0.3 is 5.32 Å². The Kier molecular flexibility index (Phi) is 6.62. The Morgan fingerprint density at radius 1 is 1.33 bits per heavy atom. The minimum Gasteiger partial charge on any atom is -0.300 e. The number of H-pyrrole nitrogens is 1. The molecule has 2 N–H and O–H groups in total. The SMILES string of the molecule is CC1CCN(Cc2csc(NC(=O)Cn3c(-c4ccc(Cl)cc4)n[nH]c3=S)n2)CC1. The van der Waals surface area contributed by atoms with E-state index in [0.29, 0.717) is 20.7 Å². The topological polar surface area (TPSA) is 78.8 Å². The lowest BCUT2D eigenvalue weighted by molar-refractivity contribution is -0.116. The number of likely N-dealkylation sites (tertiary alicyclic amines) is 1. The summed E-state index contributed by atoms with van der Waals surface area (Å²) in [5.41, 5.74) is 1.82. The van der Waals surface area contributed by atoms with Crippen LogP contribution in [-0.4, -0.2) is 43.6 Å². The molecule has 2 aromatic heterocycles. The first-order valence-corrected chi connectivity index (χ1v) is 11.5. The van der Waals surface area contributed by atoms with Crippen molar-refractivity contribution in [1.82, 2.24) is 24.6 Å². The third-order valence-electron chi connectivity index (χ3n) is 5.22. The zero-order chi connectivity index (χ0) is 21.1. The number of nitrogens with zero attached hydrogens (tertiary/aromatic N) is 4. The number of hydrogen-bond donors (Lipinski definition) is 2. The zero-order valence-electron chi connectivity index (χ0n) is 16.6. The van der Waals surface area contributed by atoms with E-state index in [4.69, 9.17) is 23.8 Å². The number of nitrogens with one attached hydrogen (secondary N) is 2. The van der Waals surface area contributed by atoms with Gasteiger partial charge in [0.25, 0.3) is 0 Å². The number of anilines is 1. The highest BCUT2D eigenvalue weighted by Gasteiger charge is 2.18. The van der Waals surface area contributed by atoms with Crippen LogP contribution in [0.4, 0.5) is 5.13 Å². The van der Waals surface area contributed by atoms with Crippen molar-refractivity contribution >= 4 is 46.2 Å². The van der Waals surface area contributed by atoms with E-state index in [9.17, 15) is 4.79 Å². The maximum absolute atomic E-state index is 12.6. The van der Waals surface area contributed by atoms with E-state index < -0.39 is 0 Å². The number of hydrogen-bond acceptors (Lipinski definition) is 6. The highest BCUT2D eigenvalue weighted by Crippen LogP contribution is 2.22. The van der Waals surface area contributed by atoms with Gasteiger partial charge in [0.05, 0.1) is 5.69 Å². The molecule has 3 heterocycles. The molecule has 4 rings (SSSR count). The second kappa shape index (κ2) is 9.38. The van der Waals surface area contributed by atoms with Crippen molar-refractivity contribution in [2.24, 2.45) is 5.92 Å². The van der Waals surface area contributed by atoms with Crippen LogP contribution < -0.4 is 5.32 Å². The summed E-state index contributed by atoms with van der Waals surface area (Å²) in [5.74, 6) is 1.19. The number of thiazole rings is 1. The van der Waals surface area contributed by atoms with Gasteiger partial charge in [-0.05, 0) is 68.3 Å². The molecular weight excluding hydrogens is 440 g/mol. The lowest BCUT2D eigenvalue weighted by Gasteiger charge is -2.29. The zero-order valence-corrected chi connectivity index (χ0v) is 19.0. The Labute approximate surface area is 189 Å². The predicted octanol–water partition coefficient (Wildman–Crippen LogP) is 4.59. The Balaban J connectivity index is 1.39. The molecule has 7 nitrogen and oxygen atoms in total. The number of carbonyl (C=O) groups is 1. The first-order chi connectivity index (χ1) is 14.5. The number of carbonyl (C=O) groups excluding carboxylic acids is 1. The van der Waals surface area contributed by atoms with Gasteiger partial charge >= 0.3 is 0 Å². The molecule has 3 aromatic rings. The molecule has 0 radical (unpaired) electrons. The van der Waals surface area contributed by atoms with Crippen molar-refractivity contribution in [3.63, 3.8) is 0 Å². The number of aromatic amines is 1. The number of rotatable bonds is 6. The number of benzene rings is 1. The van der Waals surface area contributed by atoms with Crippen LogP contribution in [0.1, 0.15) is 25.5 Å². The van der Waals surface area contributed by atoms with Gasteiger partial charge in [-0.3, -0.25) is 19.4 Å². The molecule has 1 saturated heterocycles. The van der Waals surface area contributed by atoms with Crippen molar-refractivity contribution in [3.05, 3.63) is 45.1 Å². The van der Waals surface area contributed by atoms with Gasteiger partial charge in [0.2, 0.25) is 5.91 Å². The number of piperidine rings is 1. The van der Waals surface area contributed by atoms with Crippen LogP contribution in [0, 0.1) is 10.7 Å². The molecule has 30 heavy (non-hydrogen) atoms. The van der Waals surface area contributed by atoms with E-state index in [1.54, 1.807) is 16.7 Å². The van der Waals surface area contributed by atoms with Crippen molar-refractivity contribution in [1.29, 1.82) is 0 Å². The molecule has 1 amide bonds. The third-order valence-corrected chi connectivity index (χ3v) is 6.59. The molecule has 1 aliphatic rings. The summed E-state index contributed by atoms with van der Waals surface area (Å²) in [6, 6.07) is 7.24. The molecule has 0 bridgehead atoms. The second-order valence-electron chi connectivity index (χ2n) is 7.60. The minimum absolute atomic E-state index is 0.0478. The average molecular weight is 463 g/mol. The van der Waals surface area contributed by atoms with E-state index >= 15 is 0 Å². The summed E-state index contributed by atoms with van der Waals surface area (Å²) in [5, 5.41) is 13.1. The van der Waals surface area contributed by atoms with Crippen LogP contribution in [0.25, 0.3) is 11.4 Å². The maximum atomic E-state index is 12.6. The maximum Gasteiger partial charge on any atom is 0.246 e. The molecule has 1 fully saturated rings. The molecule has 10 heteroatoms. The van der Waals surface area contributed by atoms with E-state index in [-0.39, 0.29) is 12.5 Å². The Morgan fingerprint density at radius 3 is 2.80 bits per heavy atom. The summed E-state index contributed by atoms with van der Waals surface area (Å²) in [6.45, 7) is 5.39. The monoisotopic (exact) mass is 462 g/mol. The molecule has 0 spiro atoms. The Bertz CT molecular complexity index is 1070. The number of amides is 1. The average Bonchev–Trinajstić information content (AvgIpc) is 3.31. The number of halogens is 1. The van der Waals surface area contributed by atoms with Crippen LogP contribution in [0.15, 0.2) is 29.6 Å². The van der Waals surface area contributed by atoms with Gasteiger partial charge in [-0.2, -0.15) is 5.10 Å². The molecular formula is C20H23ClN6OS2. The molecule has 1 aromatic carbocycles. The van der Waals surface area contributed by atoms with Crippen molar-refractivity contribution < 1.29 is 4.79 Å². The molecule has 0 atom stereocenters. The first-order valence-electron chi connectivity index (χ1n) is 9.85. The highest BCUT2D eigenvalue weighted by atomic mass is 35.5. The quantitative estimate of drug-likeness (QED) is 0.524. The lowest BCUT2D eigenvalue weighted by atomic mass is 9.99. The molecule has 1 aliphatic heterocycles. The molecule has 158 valence electrons. The van der Waals surface area contributed by atoms with Gasteiger partial charge in [-0.15, -0.1) is 11.3 Å². The van der Waals surface area contributed by atoms with E-state index in [1.807, 2.05) is 17.5 Å². The Morgan fingerprint density at radius 2 is 2.07 bits per heavy atom. The van der Waals surface area contributed by atoms with Gasteiger partial charge in [-0.1, -0.05) is 18.5 Å². The molecule has 0 aliphatic carbocycles. The first kappa shape index (κ1) is 21.2. The minimum atomic E-state index is -0.199. The summed E-state index contributed by atoms with van der Waals surface area (Å²) >= 11 is 12.7. The van der Waals surface area contributed by atoms with Crippen LogP contribution >= 0.6 is 35.2 Å². The normalized spacial score (nSPS) is 15.4. The van der Waals surface area contributed by atoms with Crippen molar-refractivity contribution in [3.8, 4) is 11.4 Å². The fraction of sp³-hybridized carbons (Fsp3) is 0.400. The lowest BCUT2D eigenvalue weighted by Crippen LogP contribution is -2.32. The second-order valence-corrected chi connectivity index (χ2v) is 9.28. The smallest absolute Gasteiger partial charge is 0.246 e. The molecule has 0 saturated carbocycles. The van der Waals surface area contributed by atoms with Crippen LogP contribution in [0.5, 0.6) is 0 Å². The summed E-state index contributed by atoms with van der Waals surface area (Å²) in [6.07, 6.45) is 2.46. The number of aromatic nitrogens is 4. The van der Waals surface area contributed by atoms with Crippen molar-refractivity contribution in [2.45, 2.75) is 32.9 Å². The summed E-state index contributed by atoms with van der Waals surface area (Å²) in [4.78, 5) is 19.6. The van der Waals surface area contributed by atoms with Gasteiger partial charge in [0.15, 0.2) is 15.7 Å². The van der Waals surface area contributed by atoms with Gasteiger partial charge in [-0.25, -0.2) is 4.98 Å². The van der Waals surface area contributed by atoms with Crippen LogP contribution in [0.3, 0.4) is 0 Å². The van der Waals surface area contributed by atoms with Crippen LogP contribution in [0.2, 0.25) is 5.02 Å². The van der Waals surface area contributed by atoms with E-state index in [0.717, 1.165) is 36.8 Å². The Hall–Kier alpha value is -2.07. The van der Waals surface area contributed by atoms with Crippen molar-refractivity contribution in [2.75, 3.05) is 18.4 Å². The van der Waals surface area contributed by atoms with Crippen LogP contribution in [-0.2, 0) is 17.9 Å². The fourth-order valence-corrected chi connectivity index (χ4v) is 4.51. The predicted molar refractivity (Wildman–Crippen MR) is 122 cm³/mol.